The standard InChI is InChI=1S/C29H31N5O6/c1-37-24-7-5-6-18(27(24)40-4)10-12-30-29-31-23-9-8-21(34(35)36)16-22(23)28(32-29)33-13-11-19-14-25(38-2)26(39-3)15-20(19)17-33/h5-9,14-16H,10-13,17H2,1-4H3,(H,30,31,32). The molecule has 0 unspecified atom stereocenters. The van der Waals surface area contributed by atoms with E-state index in [9.17, 15) is 10.1 Å². The van der Waals surface area contributed by atoms with Crippen LogP contribution in [0.15, 0.2) is 48.5 Å². The Morgan fingerprint density at radius 1 is 0.925 bits per heavy atom. The van der Waals surface area contributed by atoms with Crippen molar-refractivity contribution in [2.45, 2.75) is 19.4 Å². The minimum atomic E-state index is -0.403. The van der Waals surface area contributed by atoms with Gasteiger partial charge in [-0.2, -0.15) is 4.98 Å². The van der Waals surface area contributed by atoms with Crippen LogP contribution >= 0.6 is 0 Å². The molecule has 5 rings (SSSR count). The van der Waals surface area contributed by atoms with E-state index in [2.05, 4.69) is 15.2 Å². The molecule has 3 aromatic carbocycles. The third-order valence-corrected chi connectivity index (χ3v) is 7.05. The Morgan fingerprint density at radius 3 is 2.38 bits per heavy atom. The molecule has 208 valence electrons. The fourth-order valence-electron chi connectivity index (χ4n) is 5.06. The van der Waals surface area contributed by atoms with E-state index in [0.717, 1.165) is 17.5 Å². The molecule has 1 aliphatic heterocycles. The first kappa shape index (κ1) is 26.8. The first-order valence-corrected chi connectivity index (χ1v) is 12.8. The van der Waals surface area contributed by atoms with Gasteiger partial charge in [0.15, 0.2) is 23.0 Å². The summed E-state index contributed by atoms with van der Waals surface area (Å²) >= 11 is 0. The summed E-state index contributed by atoms with van der Waals surface area (Å²) in [5, 5.41) is 15.5. The molecular weight excluding hydrogens is 514 g/mol. The Bertz CT molecular complexity index is 1560. The number of methoxy groups -OCH3 is 4. The van der Waals surface area contributed by atoms with Gasteiger partial charge in [-0.25, -0.2) is 4.98 Å². The second-order valence-electron chi connectivity index (χ2n) is 9.31. The number of anilines is 2. The molecule has 0 fully saturated rings. The number of para-hydroxylation sites is 1. The van der Waals surface area contributed by atoms with Crippen LogP contribution in [0.4, 0.5) is 17.5 Å². The van der Waals surface area contributed by atoms with Crippen LogP contribution in [0.1, 0.15) is 16.7 Å². The number of nitro benzene ring substituents is 1. The molecule has 11 heteroatoms. The molecule has 0 saturated carbocycles. The highest BCUT2D eigenvalue weighted by Gasteiger charge is 2.24. The molecule has 0 aliphatic carbocycles. The van der Waals surface area contributed by atoms with Crippen molar-refractivity contribution in [3.63, 3.8) is 0 Å². The number of non-ortho nitro benzene ring substituents is 1. The van der Waals surface area contributed by atoms with Crippen LogP contribution in [-0.2, 0) is 19.4 Å². The lowest BCUT2D eigenvalue weighted by Crippen LogP contribution is -2.31. The Balaban J connectivity index is 1.47. The molecule has 0 bridgehead atoms. The zero-order chi connectivity index (χ0) is 28.2. The monoisotopic (exact) mass is 545 g/mol. The SMILES string of the molecule is COc1cc2c(cc1OC)CN(c1nc(NCCc3cccc(OC)c3OC)nc3ccc([N+](=O)[O-])cc13)CC2. The molecular formula is C29H31N5O6. The minimum absolute atomic E-state index is 0.00741. The Labute approximate surface area is 231 Å². The lowest BCUT2D eigenvalue weighted by atomic mass is 9.98. The van der Waals surface area contributed by atoms with Crippen LogP contribution < -0.4 is 29.2 Å². The summed E-state index contributed by atoms with van der Waals surface area (Å²) in [4.78, 5) is 22.8. The normalized spacial score (nSPS) is 12.6. The third-order valence-electron chi connectivity index (χ3n) is 7.05. The summed E-state index contributed by atoms with van der Waals surface area (Å²) in [6.07, 6.45) is 1.41. The number of fused-ring (bicyclic) bond motifs is 2. The van der Waals surface area contributed by atoms with Crippen molar-refractivity contribution in [2.24, 2.45) is 0 Å². The van der Waals surface area contributed by atoms with Crippen LogP contribution in [0.25, 0.3) is 10.9 Å². The minimum Gasteiger partial charge on any atom is -0.493 e. The van der Waals surface area contributed by atoms with Gasteiger partial charge < -0.3 is 29.2 Å². The fraction of sp³-hybridized carbons (Fsp3) is 0.310. The predicted octanol–water partition coefficient (Wildman–Crippen LogP) is 4.79. The predicted molar refractivity (Wildman–Crippen MR) is 152 cm³/mol. The van der Waals surface area contributed by atoms with Crippen LogP contribution in [0.5, 0.6) is 23.0 Å². The van der Waals surface area contributed by atoms with E-state index in [0.29, 0.717) is 71.7 Å². The molecule has 0 amide bonds. The van der Waals surface area contributed by atoms with Crippen molar-refractivity contribution in [3.8, 4) is 23.0 Å². The van der Waals surface area contributed by atoms with Crippen molar-refractivity contribution in [3.05, 3.63) is 75.3 Å². The molecule has 1 aliphatic rings. The van der Waals surface area contributed by atoms with Gasteiger partial charge in [0.25, 0.3) is 5.69 Å². The first-order chi connectivity index (χ1) is 19.4. The van der Waals surface area contributed by atoms with Gasteiger partial charge in [-0.05, 0) is 53.8 Å². The second kappa shape index (κ2) is 11.5. The lowest BCUT2D eigenvalue weighted by molar-refractivity contribution is -0.384. The van der Waals surface area contributed by atoms with Crippen molar-refractivity contribution in [1.82, 2.24) is 9.97 Å². The zero-order valence-corrected chi connectivity index (χ0v) is 22.9. The number of hydrogen-bond acceptors (Lipinski definition) is 10. The number of ether oxygens (including phenoxy) is 4. The Hall–Kier alpha value is -4.80. The van der Waals surface area contributed by atoms with E-state index >= 15 is 0 Å². The summed E-state index contributed by atoms with van der Waals surface area (Å²) in [6, 6.07) is 14.4. The van der Waals surface area contributed by atoms with E-state index in [1.54, 1.807) is 40.6 Å². The number of nitro groups is 1. The maximum Gasteiger partial charge on any atom is 0.270 e. The highest BCUT2D eigenvalue weighted by atomic mass is 16.6. The van der Waals surface area contributed by atoms with E-state index in [4.69, 9.17) is 23.9 Å². The maximum absolute atomic E-state index is 11.6. The average Bonchev–Trinajstić information content (AvgIpc) is 2.99. The highest BCUT2D eigenvalue weighted by Crippen LogP contribution is 2.37. The average molecular weight is 546 g/mol. The van der Waals surface area contributed by atoms with Gasteiger partial charge in [-0.1, -0.05) is 12.1 Å². The molecule has 4 aromatic rings. The number of aromatic nitrogens is 2. The highest BCUT2D eigenvalue weighted by molar-refractivity contribution is 5.92. The van der Waals surface area contributed by atoms with Gasteiger partial charge in [0.05, 0.1) is 38.9 Å². The van der Waals surface area contributed by atoms with E-state index in [-0.39, 0.29) is 5.69 Å². The number of nitrogens with zero attached hydrogens (tertiary/aromatic N) is 4. The molecule has 0 atom stereocenters. The molecule has 0 radical (unpaired) electrons. The molecule has 40 heavy (non-hydrogen) atoms. The molecule has 2 heterocycles. The maximum atomic E-state index is 11.6. The molecule has 11 nitrogen and oxygen atoms in total. The number of benzene rings is 3. The first-order valence-electron chi connectivity index (χ1n) is 12.8. The van der Waals surface area contributed by atoms with E-state index in [1.165, 1.54) is 11.6 Å². The Kier molecular flexibility index (Phi) is 7.72. The summed E-state index contributed by atoms with van der Waals surface area (Å²) in [5.74, 6) is 3.79. The number of rotatable bonds is 10. The van der Waals surface area contributed by atoms with Gasteiger partial charge in [0, 0.05) is 37.2 Å². The quantitative estimate of drug-likeness (QED) is 0.220. The van der Waals surface area contributed by atoms with E-state index < -0.39 is 4.92 Å². The summed E-state index contributed by atoms with van der Waals surface area (Å²) < 4.78 is 22.0. The van der Waals surface area contributed by atoms with Crippen LogP contribution in [-0.4, -0.2) is 56.4 Å². The summed E-state index contributed by atoms with van der Waals surface area (Å²) in [7, 11) is 6.47. The molecule has 0 spiro atoms. The zero-order valence-electron chi connectivity index (χ0n) is 22.9. The van der Waals surface area contributed by atoms with Crippen molar-refractivity contribution in [2.75, 3.05) is 51.7 Å². The largest absolute Gasteiger partial charge is 0.493 e. The Morgan fingerprint density at radius 2 is 1.68 bits per heavy atom. The fourth-order valence-corrected chi connectivity index (χ4v) is 5.06. The lowest BCUT2D eigenvalue weighted by Gasteiger charge is -2.31. The van der Waals surface area contributed by atoms with Gasteiger partial charge in [0.2, 0.25) is 5.95 Å². The van der Waals surface area contributed by atoms with Gasteiger partial charge in [-0.3, -0.25) is 10.1 Å². The molecule has 1 N–H and O–H groups in total. The van der Waals surface area contributed by atoms with Crippen LogP contribution in [0, 0.1) is 10.1 Å². The number of hydrogen-bond donors (Lipinski definition) is 1. The topological polar surface area (TPSA) is 121 Å². The van der Waals surface area contributed by atoms with Gasteiger partial charge in [-0.15, -0.1) is 0 Å². The van der Waals surface area contributed by atoms with Gasteiger partial charge in [0.1, 0.15) is 5.82 Å². The molecule has 1 aromatic heterocycles. The van der Waals surface area contributed by atoms with E-state index in [1.807, 2.05) is 30.3 Å². The molecule has 0 saturated heterocycles. The van der Waals surface area contributed by atoms with Crippen LogP contribution in [0.2, 0.25) is 0 Å². The van der Waals surface area contributed by atoms with Crippen molar-refractivity contribution in [1.29, 1.82) is 0 Å². The third kappa shape index (κ3) is 5.22. The summed E-state index contributed by atoms with van der Waals surface area (Å²) in [6.45, 7) is 1.78. The van der Waals surface area contributed by atoms with Crippen LogP contribution in [0.3, 0.4) is 0 Å². The number of nitrogens with one attached hydrogen (secondary N) is 1. The van der Waals surface area contributed by atoms with Crippen molar-refractivity contribution < 1.29 is 23.9 Å². The van der Waals surface area contributed by atoms with Crippen molar-refractivity contribution >= 4 is 28.4 Å². The second-order valence-corrected chi connectivity index (χ2v) is 9.31. The van der Waals surface area contributed by atoms with Gasteiger partial charge >= 0.3 is 0 Å². The smallest absolute Gasteiger partial charge is 0.270 e. The summed E-state index contributed by atoms with van der Waals surface area (Å²) in [5.41, 5.74) is 3.86.